The molecule has 0 spiro atoms. The highest BCUT2D eigenvalue weighted by Gasteiger charge is 2.29. The highest BCUT2D eigenvalue weighted by Crippen LogP contribution is 2.30. The molecule has 2 aliphatic rings. The van der Waals surface area contributed by atoms with E-state index in [1.165, 1.54) is 18.4 Å². The molecule has 4 rings (SSSR count). The summed E-state index contributed by atoms with van der Waals surface area (Å²) < 4.78 is 1.78. The largest absolute Gasteiger partial charge is 0.357 e. The van der Waals surface area contributed by atoms with Gasteiger partial charge in [0, 0.05) is 37.8 Å². The van der Waals surface area contributed by atoms with Gasteiger partial charge in [0.2, 0.25) is 0 Å². The first-order valence-corrected chi connectivity index (χ1v) is 8.53. The fourth-order valence-corrected chi connectivity index (χ4v) is 3.18. The third-order valence-corrected chi connectivity index (χ3v) is 4.67. The van der Waals surface area contributed by atoms with E-state index in [-0.39, 0.29) is 0 Å². The molecule has 5 heteroatoms. The molecule has 0 amide bonds. The van der Waals surface area contributed by atoms with E-state index in [0.29, 0.717) is 18.2 Å². The molecule has 2 aromatic rings. The lowest BCUT2D eigenvalue weighted by atomic mass is 10.1. The van der Waals surface area contributed by atoms with Gasteiger partial charge in [0.25, 0.3) is 0 Å². The van der Waals surface area contributed by atoms with Crippen LogP contribution in [0.1, 0.15) is 36.9 Å². The SMILES string of the molecule is O=C(Cn1ccc(Cc2ccnc(N3CCCC3)c2)n1)C1CC1. The van der Waals surface area contributed by atoms with Gasteiger partial charge < -0.3 is 4.90 Å². The Hall–Kier alpha value is -2.17. The summed E-state index contributed by atoms with van der Waals surface area (Å²) in [6, 6.07) is 6.23. The summed E-state index contributed by atoms with van der Waals surface area (Å²) in [7, 11) is 0. The number of rotatable bonds is 6. The molecule has 0 N–H and O–H groups in total. The third-order valence-electron chi connectivity index (χ3n) is 4.67. The number of Topliss-reactive ketones (excluding diaryl/α,β-unsaturated/α-hetero) is 1. The monoisotopic (exact) mass is 310 g/mol. The van der Waals surface area contributed by atoms with E-state index in [2.05, 4.69) is 21.0 Å². The van der Waals surface area contributed by atoms with E-state index in [1.807, 2.05) is 24.5 Å². The van der Waals surface area contributed by atoms with Crippen LogP contribution in [0.2, 0.25) is 0 Å². The van der Waals surface area contributed by atoms with Crippen molar-refractivity contribution < 1.29 is 4.79 Å². The molecular formula is C18H22N4O. The van der Waals surface area contributed by atoms with Crippen molar-refractivity contribution in [1.82, 2.24) is 14.8 Å². The Bertz CT molecular complexity index is 699. The summed E-state index contributed by atoms with van der Waals surface area (Å²) in [5.41, 5.74) is 2.23. The van der Waals surface area contributed by atoms with Crippen molar-refractivity contribution in [2.24, 2.45) is 5.92 Å². The molecule has 0 atom stereocenters. The van der Waals surface area contributed by atoms with Crippen LogP contribution in [0.15, 0.2) is 30.6 Å². The maximum atomic E-state index is 11.9. The van der Waals surface area contributed by atoms with Crippen LogP contribution in [0.5, 0.6) is 0 Å². The Kier molecular flexibility index (Phi) is 3.85. The van der Waals surface area contributed by atoms with Gasteiger partial charge in [-0.2, -0.15) is 5.10 Å². The average molecular weight is 310 g/mol. The number of carbonyl (C=O) groups excluding carboxylic acids is 1. The number of aromatic nitrogens is 3. The fraction of sp³-hybridized carbons (Fsp3) is 0.500. The minimum atomic E-state index is 0.297. The molecule has 120 valence electrons. The van der Waals surface area contributed by atoms with Crippen LogP contribution < -0.4 is 4.90 Å². The van der Waals surface area contributed by atoms with E-state index in [9.17, 15) is 4.79 Å². The van der Waals surface area contributed by atoms with Gasteiger partial charge in [-0.25, -0.2) is 4.98 Å². The molecule has 1 saturated carbocycles. The van der Waals surface area contributed by atoms with Gasteiger partial charge in [-0.15, -0.1) is 0 Å². The molecule has 23 heavy (non-hydrogen) atoms. The van der Waals surface area contributed by atoms with Gasteiger partial charge in [-0.05, 0) is 49.4 Å². The van der Waals surface area contributed by atoms with Gasteiger partial charge in [-0.1, -0.05) is 0 Å². The van der Waals surface area contributed by atoms with Crippen LogP contribution in [-0.2, 0) is 17.8 Å². The lowest BCUT2D eigenvalue weighted by Gasteiger charge is -2.16. The van der Waals surface area contributed by atoms with Crippen molar-refractivity contribution in [2.75, 3.05) is 18.0 Å². The number of anilines is 1. The molecule has 1 saturated heterocycles. The van der Waals surface area contributed by atoms with Crippen LogP contribution in [0.3, 0.4) is 0 Å². The van der Waals surface area contributed by atoms with E-state index < -0.39 is 0 Å². The van der Waals surface area contributed by atoms with Crippen LogP contribution in [0.4, 0.5) is 5.82 Å². The highest BCUT2D eigenvalue weighted by atomic mass is 16.1. The van der Waals surface area contributed by atoms with Crippen LogP contribution in [0.25, 0.3) is 0 Å². The summed E-state index contributed by atoms with van der Waals surface area (Å²) in [4.78, 5) is 18.7. The van der Waals surface area contributed by atoms with Gasteiger partial charge in [0.05, 0.1) is 12.2 Å². The molecule has 0 aromatic carbocycles. The number of hydrogen-bond donors (Lipinski definition) is 0. The smallest absolute Gasteiger partial charge is 0.157 e. The molecule has 2 aromatic heterocycles. The predicted octanol–water partition coefficient (Wildman–Crippen LogP) is 2.45. The zero-order valence-electron chi connectivity index (χ0n) is 13.3. The van der Waals surface area contributed by atoms with E-state index in [0.717, 1.165) is 43.9 Å². The maximum Gasteiger partial charge on any atom is 0.157 e. The third kappa shape index (κ3) is 3.44. The van der Waals surface area contributed by atoms with E-state index >= 15 is 0 Å². The lowest BCUT2D eigenvalue weighted by molar-refractivity contribution is -0.120. The molecule has 1 aliphatic heterocycles. The Morgan fingerprint density at radius 3 is 2.83 bits per heavy atom. The first-order chi connectivity index (χ1) is 11.3. The standard InChI is InChI=1S/C18H22N4O/c23-17(15-3-4-15)13-22-10-6-16(20-22)11-14-5-7-19-18(12-14)21-8-1-2-9-21/h5-7,10,12,15H,1-4,8-9,11,13H2. The molecule has 2 fully saturated rings. The number of ketones is 1. The van der Waals surface area contributed by atoms with E-state index in [4.69, 9.17) is 0 Å². The number of hydrogen-bond acceptors (Lipinski definition) is 4. The fourth-order valence-electron chi connectivity index (χ4n) is 3.18. The summed E-state index contributed by atoms with van der Waals surface area (Å²) in [6.07, 6.45) is 9.21. The molecule has 0 unspecified atom stereocenters. The van der Waals surface area contributed by atoms with E-state index in [1.54, 1.807) is 4.68 Å². The lowest BCUT2D eigenvalue weighted by Crippen LogP contribution is -2.19. The predicted molar refractivity (Wildman–Crippen MR) is 88.4 cm³/mol. The van der Waals surface area contributed by atoms with Gasteiger partial charge in [0.1, 0.15) is 5.82 Å². The first-order valence-electron chi connectivity index (χ1n) is 8.53. The van der Waals surface area contributed by atoms with Crippen LogP contribution >= 0.6 is 0 Å². The van der Waals surface area contributed by atoms with Gasteiger partial charge in [0.15, 0.2) is 5.78 Å². The Labute approximate surface area is 136 Å². The van der Waals surface area contributed by atoms with Crippen LogP contribution in [0, 0.1) is 5.92 Å². The molecule has 0 radical (unpaired) electrons. The number of carbonyl (C=O) groups is 1. The first kappa shape index (κ1) is 14.4. The van der Waals surface area contributed by atoms with Crippen molar-refractivity contribution in [3.8, 4) is 0 Å². The highest BCUT2D eigenvalue weighted by molar-refractivity contribution is 5.82. The topological polar surface area (TPSA) is 51.0 Å². The molecule has 0 bridgehead atoms. The zero-order valence-corrected chi connectivity index (χ0v) is 13.3. The van der Waals surface area contributed by atoms with Gasteiger partial charge >= 0.3 is 0 Å². The Balaban J connectivity index is 1.42. The summed E-state index contributed by atoms with van der Waals surface area (Å²) in [6.45, 7) is 2.63. The second kappa shape index (κ2) is 6.14. The molecule has 3 heterocycles. The quantitative estimate of drug-likeness (QED) is 0.822. The van der Waals surface area contributed by atoms with Crippen molar-refractivity contribution in [1.29, 1.82) is 0 Å². The van der Waals surface area contributed by atoms with Gasteiger partial charge in [-0.3, -0.25) is 9.48 Å². The van der Waals surface area contributed by atoms with Crippen LogP contribution in [-0.4, -0.2) is 33.6 Å². The Morgan fingerprint density at radius 1 is 1.22 bits per heavy atom. The summed E-state index contributed by atoms with van der Waals surface area (Å²) >= 11 is 0. The van der Waals surface area contributed by atoms with Crippen molar-refractivity contribution in [3.63, 3.8) is 0 Å². The minimum absolute atomic E-state index is 0.297. The Morgan fingerprint density at radius 2 is 2.04 bits per heavy atom. The second-order valence-corrected chi connectivity index (χ2v) is 6.64. The number of nitrogens with zero attached hydrogens (tertiary/aromatic N) is 4. The molecule has 5 nitrogen and oxygen atoms in total. The van der Waals surface area contributed by atoms with Crippen molar-refractivity contribution in [3.05, 3.63) is 41.9 Å². The molecular weight excluding hydrogens is 288 g/mol. The summed E-state index contributed by atoms with van der Waals surface area (Å²) in [5, 5.41) is 4.54. The second-order valence-electron chi connectivity index (χ2n) is 6.64. The average Bonchev–Trinajstić information content (AvgIpc) is 3.09. The minimum Gasteiger partial charge on any atom is -0.357 e. The summed E-state index contributed by atoms with van der Waals surface area (Å²) in [5.74, 6) is 1.69. The van der Waals surface area contributed by atoms with Crippen molar-refractivity contribution >= 4 is 11.6 Å². The maximum absolute atomic E-state index is 11.9. The van der Waals surface area contributed by atoms with Crippen molar-refractivity contribution in [2.45, 2.75) is 38.6 Å². The molecule has 1 aliphatic carbocycles. The number of pyridine rings is 1. The normalized spacial score (nSPS) is 17.7. The zero-order chi connectivity index (χ0) is 15.6.